The van der Waals surface area contributed by atoms with Gasteiger partial charge in [0.05, 0.1) is 10.6 Å². The number of nitrogens with zero attached hydrogens (tertiary/aromatic N) is 2. The van der Waals surface area contributed by atoms with E-state index in [2.05, 4.69) is 51.7 Å². The molecule has 2 aliphatic rings. The minimum absolute atomic E-state index is 0.0416. The molecule has 0 aliphatic carbocycles. The Morgan fingerprint density at radius 1 is 1.23 bits per heavy atom. The number of thiocarbonyl (C=S) groups is 1. The molecule has 2 aromatic rings. The van der Waals surface area contributed by atoms with Crippen molar-refractivity contribution in [3.05, 3.63) is 64.1 Å². The van der Waals surface area contributed by atoms with Crippen LogP contribution in [0.5, 0.6) is 0 Å². The Bertz CT molecular complexity index is 1060. The number of hydrogen-bond acceptors (Lipinski definition) is 4. The van der Waals surface area contributed by atoms with Gasteiger partial charge in [0.15, 0.2) is 4.32 Å². The Labute approximate surface area is 195 Å². The van der Waals surface area contributed by atoms with Gasteiger partial charge in [-0.25, -0.2) is 0 Å². The Kier molecular flexibility index (Phi) is 6.01. The Hall–Kier alpha value is -2.11. The number of fused-ring (bicyclic) bond motifs is 1. The molecule has 1 amide bonds. The van der Waals surface area contributed by atoms with Crippen LogP contribution >= 0.6 is 24.0 Å². The number of aryl methyl sites for hydroxylation is 1. The van der Waals surface area contributed by atoms with Crippen LogP contribution in [0.4, 0.5) is 11.4 Å². The lowest BCUT2D eigenvalue weighted by Gasteiger charge is -2.48. The molecule has 3 nitrogen and oxygen atoms in total. The lowest BCUT2D eigenvalue weighted by molar-refractivity contribution is -0.113. The highest BCUT2D eigenvalue weighted by Gasteiger charge is 2.37. The van der Waals surface area contributed by atoms with Gasteiger partial charge >= 0.3 is 0 Å². The molecule has 0 saturated carbocycles. The van der Waals surface area contributed by atoms with Crippen molar-refractivity contribution in [1.82, 2.24) is 0 Å². The summed E-state index contributed by atoms with van der Waals surface area (Å²) in [5, 5.41) is 0. The molecule has 4 rings (SSSR count). The maximum atomic E-state index is 13.1. The number of para-hydroxylation sites is 1. The summed E-state index contributed by atoms with van der Waals surface area (Å²) in [6, 6.07) is 14.2. The molecule has 5 heteroatoms. The number of anilines is 2. The van der Waals surface area contributed by atoms with Gasteiger partial charge in [0.25, 0.3) is 5.91 Å². The number of carbonyl (C=O) groups is 1. The van der Waals surface area contributed by atoms with Crippen LogP contribution in [0.1, 0.15) is 63.1 Å². The second-order valence-corrected chi connectivity index (χ2v) is 10.9. The SMILES string of the molecule is CCCN1c2cc(C)c(/C=C3/SC(=S)N(c4ccccc4)C3=O)cc2C(C)CC1(C)C. The van der Waals surface area contributed by atoms with Crippen LogP contribution in [0, 0.1) is 6.92 Å². The summed E-state index contributed by atoms with van der Waals surface area (Å²) in [4.78, 5) is 18.0. The summed E-state index contributed by atoms with van der Waals surface area (Å²) in [6.45, 7) is 12.4. The highest BCUT2D eigenvalue weighted by Crippen LogP contribution is 2.45. The van der Waals surface area contributed by atoms with Gasteiger partial charge in [-0.1, -0.05) is 56.0 Å². The minimum atomic E-state index is -0.0416. The molecular weight excluding hydrogens is 420 g/mol. The van der Waals surface area contributed by atoms with E-state index in [1.54, 1.807) is 4.90 Å². The van der Waals surface area contributed by atoms with E-state index < -0.39 is 0 Å². The topological polar surface area (TPSA) is 23.6 Å². The monoisotopic (exact) mass is 450 g/mol. The molecule has 0 aromatic heterocycles. The van der Waals surface area contributed by atoms with Crippen LogP contribution in [-0.4, -0.2) is 22.3 Å². The second kappa shape index (κ2) is 8.44. The summed E-state index contributed by atoms with van der Waals surface area (Å²) >= 11 is 6.92. The average Bonchev–Trinajstić information content (AvgIpc) is 2.99. The first-order valence-electron chi connectivity index (χ1n) is 11.0. The normalized spacial score (nSPS) is 21.7. The van der Waals surface area contributed by atoms with Crippen molar-refractivity contribution in [1.29, 1.82) is 0 Å². The first kappa shape index (κ1) is 22.1. The number of benzene rings is 2. The smallest absolute Gasteiger partial charge is 0.270 e. The van der Waals surface area contributed by atoms with Crippen molar-refractivity contribution in [3.8, 4) is 0 Å². The van der Waals surface area contributed by atoms with Gasteiger partial charge in [-0.2, -0.15) is 0 Å². The van der Waals surface area contributed by atoms with E-state index in [-0.39, 0.29) is 11.4 Å². The summed E-state index contributed by atoms with van der Waals surface area (Å²) in [5.41, 5.74) is 5.99. The van der Waals surface area contributed by atoms with E-state index in [1.165, 1.54) is 28.6 Å². The van der Waals surface area contributed by atoms with Gasteiger partial charge in [0.1, 0.15) is 0 Å². The summed E-state index contributed by atoms with van der Waals surface area (Å²) < 4.78 is 0.585. The first-order chi connectivity index (χ1) is 14.7. The number of thioether (sulfide) groups is 1. The lowest BCUT2D eigenvalue weighted by atomic mass is 9.79. The number of carbonyl (C=O) groups excluding carboxylic acids is 1. The van der Waals surface area contributed by atoms with Gasteiger partial charge in [-0.3, -0.25) is 9.69 Å². The molecule has 1 fully saturated rings. The third kappa shape index (κ3) is 4.06. The predicted molar refractivity (Wildman–Crippen MR) is 138 cm³/mol. The molecule has 0 spiro atoms. The highest BCUT2D eigenvalue weighted by atomic mass is 32.2. The molecule has 0 radical (unpaired) electrons. The standard InChI is InChI=1S/C26H30N2OS2/c1-6-12-27-22-13-17(2)19(14-21(22)18(3)16-26(27,4)5)15-23-24(29)28(25(30)31-23)20-10-8-7-9-11-20/h7-11,13-15,18H,6,12,16H2,1-5H3/b23-15+. The third-order valence-electron chi connectivity index (χ3n) is 6.32. The van der Waals surface area contributed by atoms with Crippen LogP contribution in [0.15, 0.2) is 47.4 Å². The van der Waals surface area contributed by atoms with Gasteiger partial charge < -0.3 is 4.90 Å². The number of rotatable bonds is 4. The molecule has 0 bridgehead atoms. The van der Waals surface area contributed by atoms with Crippen molar-refractivity contribution < 1.29 is 4.79 Å². The summed E-state index contributed by atoms with van der Waals surface area (Å²) in [7, 11) is 0. The summed E-state index contributed by atoms with van der Waals surface area (Å²) in [5.74, 6) is 0.435. The van der Waals surface area contributed by atoms with Crippen molar-refractivity contribution in [2.75, 3.05) is 16.3 Å². The van der Waals surface area contributed by atoms with Crippen molar-refractivity contribution in [2.24, 2.45) is 0 Å². The van der Waals surface area contributed by atoms with E-state index >= 15 is 0 Å². The predicted octanol–water partition coefficient (Wildman–Crippen LogP) is 6.90. The molecule has 31 heavy (non-hydrogen) atoms. The first-order valence-corrected chi connectivity index (χ1v) is 12.2. The Morgan fingerprint density at radius 2 is 1.94 bits per heavy atom. The molecule has 1 atom stereocenters. The fourth-order valence-corrected chi connectivity index (χ4v) is 6.15. The van der Waals surface area contributed by atoms with E-state index in [9.17, 15) is 4.79 Å². The molecular formula is C26H30N2OS2. The van der Waals surface area contributed by atoms with E-state index in [1.807, 2.05) is 36.4 Å². The molecule has 1 saturated heterocycles. The van der Waals surface area contributed by atoms with Crippen LogP contribution in [0.3, 0.4) is 0 Å². The molecule has 1 unspecified atom stereocenters. The van der Waals surface area contributed by atoms with Crippen LogP contribution in [0.2, 0.25) is 0 Å². The molecule has 2 aliphatic heterocycles. The van der Waals surface area contributed by atoms with E-state index in [0.29, 0.717) is 15.1 Å². The quantitative estimate of drug-likeness (QED) is 0.373. The van der Waals surface area contributed by atoms with Crippen LogP contribution in [-0.2, 0) is 4.79 Å². The second-order valence-electron chi connectivity index (χ2n) is 9.19. The zero-order valence-corrected chi connectivity index (χ0v) is 20.6. The van der Waals surface area contributed by atoms with Crippen LogP contribution in [0.25, 0.3) is 6.08 Å². The van der Waals surface area contributed by atoms with E-state index in [4.69, 9.17) is 12.2 Å². The largest absolute Gasteiger partial charge is 0.366 e. The van der Waals surface area contributed by atoms with E-state index in [0.717, 1.165) is 30.6 Å². The fourth-order valence-electron chi connectivity index (χ4n) is 4.86. The number of hydrogen-bond donors (Lipinski definition) is 0. The van der Waals surface area contributed by atoms with Crippen molar-refractivity contribution in [2.45, 2.75) is 58.9 Å². The molecule has 0 N–H and O–H groups in total. The van der Waals surface area contributed by atoms with Crippen molar-refractivity contribution >= 4 is 51.7 Å². The molecule has 162 valence electrons. The van der Waals surface area contributed by atoms with Gasteiger partial charge in [-0.15, -0.1) is 0 Å². The van der Waals surface area contributed by atoms with Gasteiger partial charge in [0.2, 0.25) is 0 Å². The molecule has 2 aromatic carbocycles. The zero-order valence-electron chi connectivity index (χ0n) is 18.9. The Balaban J connectivity index is 1.72. The fraction of sp³-hybridized carbons (Fsp3) is 0.385. The summed E-state index contributed by atoms with van der Waals surface area (Å²) in [6.07, 6.45) is 4.27. The zero-order chi connectivity index (χ0) is 22.3. The highest BCUT2D eigenvalue weighted by molar-refractivity contribution is 8.27. The Morgan fingerprint density at radius 3 is 2.61 bits per heavy atom. The number of amides is 1. The lowest BCUT2D eigenvalue weighted by Crippen LogP contribution is -2.48. The maximum absolute atomic E-state index is 13.1. The van der Waals surface area contributed by atoms with Crippen molar-refractivity contribution in [3.63, 3.8) is 0 Å². The minimum Gasteiger partial charge on any atom is -0.366 e. The van der Waals surface area contributed by atoms with Crippen LogP contribution < -0.4 is 9.80 Å². The maximum Gasteiger partial charge on any atom is 0.270 e. The third-order valence-corrected chi connectivity index (χ3v) is 7.62. The van der Waals surface area contributed by atoms with Gasteiger partial charge in [-0.05, 0) is 86.6 Å². The molecule has 2 heterocycles. The van der Waals surface area contributed by atoms with Gasteiger partial charge in [0, 0.05) is 17.8 Å². The average molecular weight is 451 g/mol.